The van der Waals surface area contributed by atoms with Gasteiger partial charge in [0.15, 0.2) is 5.96 Å². The van der Waals surface area contributed by atoms with Crippen molar-refractivity contribution in [3.63, 3.8) is 0 Å². The van der Waals surface area contributed by atoms with Gasteiger partial charge in [-0.2, -0.15) is 0 Å². The number of anilines is 1. The van der Waals surface area contributed by atoms with Crippen molar-refractivity contribution in [3.05, 3.63) is 28.7 Å². The summed E-state index contributed by atoms with van der Waals surface area (Å²) in [4.78, 5) is 9.68. The van der Waals surface area contributed by atoms with Crippen molar-refractivity contribution in [3.8, 4) is 0 Å². The predicted molar refractivity (Wildman–Crippen MR) is 131 cm³/mol. The second-order valence-electron chi connectivity index (χ2n) is 7.12. The third-order valence-corrected chi connectivity index (χ3v) is 5.60. The number of nitrogens with one attached hydrogen (secondary N) is 2. The molecule has 1 atom stereocenters. The molecule has 0 aromatic heterocycles. The quantitative estimate of drug-likeness (QED) is 0.230. The molecule has 0 spiro atoms. The standard InChI is InChI=1S/C20H32BrN5O.HI/c1-2-22-20(23-9-3-10-25-12-14-27-15-13-25)24-18-8-11-26(16-18)19-6-4-17(21)5-7-19;/h4-7,18H,2-3,8-16H2,1H3,(H2,22,23,24);1H. The summed E-state index contributed by atoms with van der Waals surface area (Å²) in [7, 11) is 0. The van der Waals surface area contributed by atoms with E-state index >= 15 is 0 Å². The van der Waals surface area contributed by atoms with Crippen molar-refractivity contribution in [2.75, 3.05) is 63.9 Å². The number of ether oxygens (including phenoxy) is 1. The molecule has 1 aromatic carbocycles. The summed E-state index contributed by atoms with van der Waals surface area (Å²) in [6.07, 6.45) is 2.22. The van der Waals surface area contributed by atoms with Gasteiger partial charge in [0.05, 0.1) is 13.2 Å². The van der Waals surface area contributed by atoms with Crippen LogP contribution in [0.4, 0.5) is 5.69 Å². The Morgan fingerprint density at radius 1 is 1.21 bits per heavy atom. The smallest absolute Gasteiger partial charge is 0.191 e. The summed E-state index contributed by atoms with van der Waals surface area (Å²) >= 11 is 3.51. The zero-order valence-electron chi connectivity index (χ0n) is 16.7. The van der Waals surface area contributed by atoms with Crippen molar-refractivity contribution in [2.24, 2.45) is 4.99 Å². The van der Waals surface area contributed by atoms with Crippen molar-refractivity contribution in [2.45, 2.75) is 25.8 Å². The van der Waals surface area contributed by atoms with Gasteiger partial charge in [0.1, 0.15) is 0 Å². The highest BCUT2D eigenvalue weighted by atomic mass is 127. The first-order valence-corrected chi connectivity index (χ1v) is 10.9. The molecule has 8 heteroatoms. The monoisotopic (exact) mass is 565 g/mol. The predicted octanol–water partition coefficient (Wildman–Crippen LogP) is 2.92. The molecule has 0 radical (unpaired) electrons. The Labute approximate surface area is 194 Å². The fraction of sp³-hybridized carbons (Fsp3) is 0.650. The topological polar surface area (TPSA) is 52.1 Å². The van der Waals surface area contributed by atoms with E-state index in [4.69, 9.17) is 9.73 Å². The molecule has 2 aliphatic rings. The van der Waals surface area contributed by atoms with E-state index in [1.54, 1.807) is 0 Å². The Bertz CT molecular complexity index is 595. The van der Waals surface area contributed by atoms with E-state index in [9.17, 15) is 0 Å². The van der Waals surface area contributed by atoms with Gasteiger partial charge in [-0.3, -0.25) is 9.89 Å². The highest BCUT2D eigenvalue weighted by Crippen LogP contribution is 2.22. The van der Waals surface area contributed by atoms with Crippen LogP contribution in [0.25, 0.3) is 0 Å². The summed E-state index contributed by atoms with van der Waals surface area (Å²) in [5.74, 6) is 0.946. The Kier molecular flexibility index (Phi) is 10.9. The SMILES string of the molecule is CCNC(=NCCCN1CCOCC1)NC1CCN(c2ccc(Br)cc2)C1.I. The molecule has 2 fully saturated rings. The number of hydrogen-bond donors (Lipinski definition) is 2. The zero-order valence-corrected chi connectivity index (χ0v) is 20.6. The molecular formula is C20H33BrIN5O. The first-order valence-electron chi connectivity index (χ1n) is 10.1. The Hall–Kier alpha value is -0.580. The van der Waals surface area contributed by atoms with Gasteiger partial charge in [0.2, 0.25) is 0 Å². The average molecular weight is 566 g/mol. The minimum atomic E-state index is 0. The highest BCUT2D eigenvalue weighted by Gasteiger charge is 2.23. The van der Waals surface area contributed by atoms with Gasteiger partial charge in [0.25, 0.3) is 0 Å². The third-order valence-electron chi connectivity index (χ3n) is 5.07. The molecule has 28 heavy (non-hydrogen) atoms. The molecule has 1 aromatic rings. The van der Waals surface area contributed by atoms with Gasteiger partial charge < -0.3 is 20.3 Å². The molecule has 2 saturated heterocycles. The van der Waals surface area contributed by atoms with Gasteiger partial charge in [-0.15, -0.1) is 24.0 Å². The zero-order chi connectivity index (χ0) is 18.9. The van der Waals surface area contributed by atoms with Crippen LogP contribution in [0, 0.1) is 0 Å². The molecule has 6 nitrogen and oxygen atoms in total. The van der Waals surface area contributed by atoms with Gasteiger partial charge in [0, 0.05) is 62.0 Å². The first kappa shape index (κ1) is 23.7. The fourth-order valence-electron chi connectivity index (χ4n) is 3.59. The number of aliphatic imine (C=N–C) groups is 1. The fourth-order valence-corrected chi connectivity index (χ4v) is 3.85. The lowest BCUT2D eigenvalue weighted by atomic mass is 10.2. The van der Waals surface area contributed by atoms with Crippen LogP contribution in [0.15, 0.2) is 33.7 Å². The Morgan fingerprint density at radius 2 is 1.96 bits per heavy atom. The van der Waals surface area contributed by atoms with E-state index in [0.717, 1.165) is 82.3 Å². The molecule has 0 saturated carbocycles. The number of guanidine groups is 1. The number of rotatable bonds is 7. The van der Waals surface area contributed by atoms with Crippen LogP contribution in [-0.2, 0) is 4.74 Å². The van der Waals surface area contributed by atoms with Crippen LogP contribution in [0.2, 0.25) is 0 Å². The van der Waals surface area contributed by atoms with Crippen LogP contribution < -0.4 is 15.5 Å². The lowest BCUT2D eigenvalue weighted by molar-refractivity contribution is 0.0377. The summed E-state index contributed by atoms with van der Waals surface area (Å²) in [6, 6.07) is 9.01. The van der Waals surface area contributed by atoms with Crippen LogP contribution in [0.3, 0.4) is 0 Å². The van der Waals surface area contributed by atoms with E-state index in [2.05, 4.69) is 67.6 Å². The molecule has 158 valence electrons. The molecule has 3 rings (SSSR count). The normalized spacial score (nSPS) is 20.7. The maximum Gasteiger partial charge on any atom is 0.191 e. The second kappa shape index (κ2) is 12.9. The average Bonchev–Trinajstić information content (AvgIpc) is 3.15. The number of morpholine rings is 1. The van der Waals surface area contributed by atoms with E-state index < -0.39 is 0 Å². The molecule has 0 bridgehead atoms. The molecule has 2 aliphatic heterocycles. The Balaban J connectivity index is 0.00000280. The van der Waals surface area contributed by atoms with Crippen molar-refractivity contribution in [1.82, 2.24) is 15.5 Å². The number of nitrogens with zero attached hydrogens (tertiary/aromatic N) is 3. The second-order valence-corrected chi connectivity index (χ2v) is 8.04. The van der Waals surface area contributed by atoms with E-state index in [-0.39, 0.29) is 24.0 Å². The maximum absolute atomic E-state index is 5.40. The first-order chi connectivity index (χ1) is 13.2. The number of hydrogen-bond acceptors (Lipinski definition) is 4. The van der Waals surface area contributed by atoms with Crippen molar-refractivity contribution in [1.29, 1.82) is 0 Å². The minimum absolute atomic E-state index is 0. The molecule has 0 amide bonds. The van der Waals surface area contributed by atoms with Crippen molar-refractivity contribution < 1.29 is 4.74 Å². The van der Waals surface area contributed by atoms with Crippen molar-refractivity contribution >= 4 is 51.6 Å². The lowest BCUT2D eigenvalue weighted by Gasteiger charge is -2.26. The van der Waals surface area contributed by atoms with E-state index in [0.29, 0.717) is 6.04 Å². The van der Waals surface area contributed by atoms with E-state index in [1.807, 2.05) is 0 Å². The van der Waals surface area contributed by atoms with Gasteiger partial charge in [-0.25, -0.2) is 0 Å². The summed E-state index contributed by atoms with van der Waals surface area (Å²) < 4.78 is 6.53. The summed E-state index contributed by atoms with van der Waals surface area (Å²) in [5, 5.41) is 7.01. The molecule has 0 aliphatic carbocycles. The van der Waals surface area contributed by atoms with E-state index in [1.165, 1.54) is 5.69 Å². The maximum atomic E-state index is 5.40. The molecule has 1 unspecified atom stereocenters. The van der Waals surface area contributed by atoms with Gasteiger partial charge in [-0.05, 0) is 44.0 Å². The van der Waals surface area contributed by atoms with Crippen LogP contribution in [-0.4, -0.2) is 75.9 Å². The van der Waals surface area contributed by atoms with Crippen LogP contribution in [0.1, 0.15) is 19.8 Å². The molecule has 2 N–H and O–H groups in total. The summed E-state index contributed by atoms with van der Waals surface area (Å²) in [5.41, 5.74) is 1.29. The largest absolute Gasteiger partial charge is 0.379 e. The lowest BCUT2D eigenvalue weighted by Crippen LogP contribution is -2.44. The third kappa shape index (κ3) is 7.68. The van der Waals surface area contributed by atoms with Crippen LogP contribution in [0.5, 0.6) is 0 Å². The molecule has 2 heterocycles. The summed E-state index contributed by atoms with van der Waals surface area (Å²) in [6.45, 7) is 10.9. The highest BCUT2D eigenvalue weighted by molar-refractivity contribution is 14.0. The van der Waals surface area contributed by atoms with Crippen LogP contribution >= 0.6 is 39.9 Å². The molecular weight excluding hydrogens is 533 g/mol. The van der Waals surface area contributed by atoms with Gasteiger partial charge >= 0.3 is 0 Å². The minimum Gasteiger partial charge on any atom is -0.379 e. The van der Waals surface area contributed by atoms with Gasteiger partial charge in [-0.1, -0.05) is 15.9 Å². The Morgan fingerprint density at radius 3 is 2.68 bits per heavy atom. The number of benzene rings is 1. The number of halogens is 2.